The zero-order chi connectivity index (χ0) is 25.6. The molecular weight excluding hydrogens is 589 g/mol. The third kappa shape index (κ3) is 5.09. The van der Waals surface area contributed by atoms with Gasteiger partial charge >= 0.3 is 0 Å². The van der Waals surface area contributed by atoms with E-state index < -0.39 is 11.6 Å². The number of nitrogens with zero attached hydrogens (tertiary/aromatic N) is 3. The molecule has 6 nitrogen and oxygen atoms in total. The lowest BCUT2D eigenvalue weighted by molar-refractivity contribution is 0.0385. The first-order valence-corrected chi connectivity index (χ1v) is 14.1. The number of oxazole rings is 1. The number of β-amino-alcohol motifs (C(OH)–C–C–N with tert-alkyl or cyclic N) is 1. The Morgan fingerprint density at radius 2 is 1.81 bits per heavy atom. The fourth-order valence-electron chi connectivity index (χ4n) is 6.22. The Kier molecular flexibility index (Phi) is 6.87. The molecule has 2 N–H and O–H groups in total. The minimum atomic E-state index is -0.647. The van der Waals surface area contributed by atoms with Crippen molar-refractivity contribution in [1.82, 2.24) is 9.88 Å². The van der Waals surface area contributed by atoms with Crippen LogP contribution in [-0.4, -0.2) is 60.4 Å². The summed E-state index contributed by atoms with van der Waals surface area (Å²) < 4.78 is 34.2. The second-order valence-corrected chi connectivity index (χ2v) is 11.9. The highest BCUT2D eigenvalue weighted by atomic mass is 127. The number of halogens is 3. The number of benzene rings is 2. The number of aliphatic hydroxyl groups is 1. The van der Waals surface area contributed by atoms with Gasteiger partial charge < -0.3 is 24.6 Å². The second-order valence-electron chi connectivity index (χ2n) is 10.7. The monoisotopic (exact) mass is 620 g/mol. The van der Waals surface area contributed by atoms with Gasteiger partial charge in [0, 0.05) is 52.5 Å². The average molecular weight is 620 g/mol. The van der Waals surface area contributed by atoms with Crippen LogP contribution >= 0.6 is 22.6 Å². The highest BCUT2D eigenvalue weighted by molar-refractivity contribution is 14.1. The number of anilines is 2. The topological polar surface area (TPSA) is 64.8 Å². The molecule has 3 aliphatic rings. The summed E-state index contributed by atoms with van der Waals surface area (Å²) in [5.41, 5.74) is 3.29. The quantitative estimate of drug-likeness (QED) is 0.380. The number of aromatic nitrogens is 1. The molecule has 0 saturated carbocycles. The van der Waals surface area contributed by atoms with E-state index in [1.165, 1.54) is 33.2 Å². The number of piperidine rings is 2. The Bertz CT molecular complexity index is 1250. The predicted molar refractivity (Wildman–Crippen MR) is 148 cm³/mol. The summed E-state index contributed by atoms with van der Waals surface area (Å²) in [6, 6.07) is 10.5. The fraction of sp³-hybridized carbons (Fsp3) is 0.464. The van der Waals surface area contributed by atoms with Gasteiger partial charge in [-0.15, -0.1) is 0 Å². The first kappa shape index (κ1) is 25.1. The van der Waals surface area contributed by atoms with Crippen LogP contribution < -0.4 is 10.2 Å². The molecule has 0 radical (unpaired) electrons. The molecule has 196 valence electrons. The van der Waals surface area contributed by atoms with Gasteiger partial charge in [0.25, 0.3) is 6.01 Å². The van der Waals surface area contributed by atoms with Gasteiger partial charge in [-0.05, 0) is 97.1 Å². The molecule has 9 heteroatoms. The Morgan fingerprint density at radius 1 is 1.08 bits per heavy atom. The molecule has 3 aliphatic heterocycles. The van der Waals surface area contributed by atoms with E-state index in [-0.39, 0.29) is 17.4 Å². The standard InChI is InChI=1S/C28H31F2IN4O2/c29-20-11-19(12-21(30)13-20)26-15-32-27(37-26)35-7-3-18(4-8-35)25(36)16-34-9-5-28(6-10-34)17-33-24-14-22(31)1-2-23(24)28/h1-2,11-15,18,25,33,36H,3-10,16-17H2. The number of hydrogen-bond acceptors (Lipinski definition) is 6. The lowest BCUT2D eigenvalue weighted by Gasteiger charge is -2.41. The van der Waals surface area contributed by atoms with Crippen LogP contribution in [0.5, 0.6) is 0 Å². The molecule has 4 heterocycles. The Balaban J connectivity index is 1.00. The lowest BCUT2D eigenvalue weighted by atomic mass is 9.74. The van der Waals surface area contributed by atoms with Crippen LogP contribution in [0.15, 0.2) is 47.0 Å². The smallest absolute Gasteiger partial charge is 0.297 e. The van der Waals surface area contributed by atoms with Gasteiger partial charge in [0.1, 0.15) is 11.6 Å². The maximum Gasteiger partial charge on any atom is 0.297 e. The van der Waals surface area contributed by atoms with Crippen LogP contribution in [0.2, 0.25) is 0 Å². The van der Waals surface area contributed by atoms with Crippen molar-refractivity contribution < 1.29 is 18.3 Å². The molecule has 0 amide bonds. The summed E-state index contributed by atoms with van der Waals surface area (Å²) in [6.07, 6.45) is 5.07. The molecular formula is C28H31F2IN4O2. The van der Waals surface area contributed by atoms with Crippen molar-refractivity contribution in [2.45, 2.75) is 37.2 Å². The van der Waals surface area contributed by atoms with Gasteiger partial charge in [0.15, 0.2) is 5.76 Å². The van der Waals surface area contributed by atoms with Crippen molar-refractivity contribution in [2.75, 3.05) is 49.5 Å². The summed E-state index contributed by atoms with van der Waals surface area (Å²) in [5, 5.41) is 14.7. The minimum Gasteiger partial charge on any atom is -0.423 e. The van der Waals surface area contributed by atoms with Crippen molar-refractivity contribution in [3.63, 3.8) is 0 Å². The molecule has 1 spiro atoms. The van der Waals surface area contributed by atoms with Crippen LogP contribution in [0.3, 0.4) is 0 Å². The third-order valence-electron chi connectivity index (χ3n) is 8.42. The summed E-state index contributed by atoms with van der Waals surface area (Å²) >= 11 is 2.37. The number of aliphatic hydroxyl groups excluding tert-OH is 1. The maximum atomic E-state index is 13.6. The number of likely N-dealkylation sites (tertiary alicyclic amines) is 1. The average Bonchev–Trinajstić information content (AvgIpc) is 3.51. The van der Waals surface area contributed by atoms with Gasteiger partial charge in [-0.1, -0.05) is 6.07 Å². The van der Waals surface area contributed by atoms with E-state index in [0.717, 1.165) is 64.5 Å². The van der Waals surface area contributed by atoms with Crippen LogP contribution in [0, 0.1) is 21.1 Å². The minimum absolute atomic E-state index is 0.221. The fourth-order valence-corrected chi connectivity index (χ4v) is 6.72. The van der Waals surface area contributed by atoms with E-state index in [4.69, 9.17) is 4.42 Å². The SMILES string of the molecule is OC(CN1CCC2(CC1)CNc1cc(I)ccc12)C1CCN(c2ncc(-c3cc(F)cc(F)c3)o2)CC1. The molecule has 37 heavy (non-hydrogen) atoms. The largest absolute Gasteiger partial charge is 0.423 e. The first-order chi connectivity index (χ1) is 17.9. The van der Waals surface area contributed by atoms with E-state index in [0.29, 0.717) is 23.9 Å². The predicted octanol–water partition coefficient (Wildman–Crippen LogP) is 5.26. The van der Waals surface area contributed by atoms with Gasteiger partial charge in [-0.3, -0.25) is 0 Å². The Hall–Kier alpha value is -2.24. The zero-order valence-corrected chi connectivity index (χ0v) is 22.8. The van der Waals surface area contributed by atoms with Gasteiger partial charge in [0.2, 0.25) is 0 Å². The van der Waals surface area contributed by atoms with Gasteiger partial charge in [0.05, 0.1) is 12.3 Å². The van der Waals surface area contributed by atoms with E-state index in [1.807, 2.05) is 4.90 Å². The Labute approximate surface area is 229 Å². The molecule has 2 fully saturated rings. The maximum absolute atomic E-state index is 13.6. The summed E-state index contributed by atoms with van der Waals surface area (Å²) in [5.74, 6) is -0.722. The molecule has 2 aromatic carbocycles. The highest BCUT2D eigenvalue weighted by Gasteiger charge is 2.42. The Morgan fingerprint density at radius 3 is 2.54 bits per heavy atom. The number of nitrogens with one attached hydrogen (secondary N) is 1. The van der Waals surface area contributed by atoms with Crippen molar-refractivity contribution in [3.05, 3.63) is 63.4 Å². The third-order valence-corrected chi connectivity index (χ3v) is 9.09. The summed E-state index contributed by atoms with van der Waals surface area (Å²) in [7, 11) is 0. The van der Waals surface area contributed by atoms with Crippen LogP contribution in [0.4, 0.5) is 20.5 Å². The molecule has 0 bridgehead atoms. The molecule has 0 aliphatic carbocycles. The zero-order valence-electron chi connectivity index (χ0n) is 20.6. The molecule has 1 aromatic heterocycles. The molecule has 6 rings (SSSR count). The van der Waals surface area contributed by atoms with Crippen molar-refractivity contribution in [3.8, 4) is 11.3 Å². The molecule has 3 aromatic rings. The number of fused-ring (bicyclic) bond motifs is 2. The van der Waals surface area contributed by atoms with Crippen LogP contribution in [0.25, 0.3) is 11.3 Å². The summed E-state index contributed by atoms with van der Waals surface area (Å²) in [4.78, 5) is 8.80. The molecule has 1 unspecified atom stereocenters. The second kappa shape index (κ2) is 10.1. The van der Waals surface area contributed by atoms with Crippen molar-refractivity contribution in [1.29, 1.82) is 0 Å². The van der Waals surface area contributed by atoms with Crippen LogP contribution in [0.1, 0.15) is 31.2 Å². The first-order valence-electron chi connectivity index (χ1n) is 13.0. The highest BCUT2D eigenvalue weighted by Crippen LogP contribution is 2.44. The van der Waals surface area contributed by atoms with E-state index in [2.05, 4.69) is 56.0 Å². The van der Waals surface area contributed by atoms with E-state index in [9.17, 15) is 13.9 Å². The number of hydrogen-bond donors (Lipinski definition) is 2. The van der Waals surface area contributed by atoms with E-state index >= 15 is 0 Å². The van der Waals surface area contributed by atoms with Crippen molar-refractivity contribution >= 4 is 34.3 Å². The molecule has 1 atom stereocenters. The van der Waals surface area contributed by atoms with Gasteiger partial charge in [-0.25, -0.2) is 13.8 Å². The van der Waals surface area contributed by atoms with Gasteiger partial charge in [-0.2, -0.15) is 0 Å². The summed E-state index contributed by atoms with van der Waals surface area (Å²) in [6.45, 7) is 5.18. The van der Waals surface area contributed by atoms with Crippen LogP contribution in [-0.2, 0) is 5.41 Å². The lowest BCUT2D eigenvalue weighted by Crippen LogP contribution is -2.48. The molecule has 2 saturated heterocycles. The van der Waals surface area contributed by atoms with E-state index in [1.54, 1.807) is 0 Å². The number of rotatable bonds is 5. The van der Waals surface area contributed by atoms with Crippen molar-refractivity contribution in [2.24, 2.45) is 5.92 Å². The normalized spacial score (nSPS) is 20.7.